The lowest BCUT2D eigenvalue weighted by Gasteiger charge is -2.35. The van der Waals surface area contributed by atoms with E-state index in [1.54, 1.807) is 27.9 Å². The van der Waals surface area contributed by atoms with E-state index in [1.165, 1.54) is 6.07 Å². The molecule has 1 aliphatic heterocycles. The van der Waals surface area contributed by atoms with Gasteiger partial charge in [-0.15, -0.1) is 5.10 Å². The quantitative estimate of drug-likeness (QED) is 0.727. The minimum absolute atomic E-state index is 0.152. The van der Waals surface area contributed by atoms with Crippen LogP contribution in [0.3, 0.4) is 0 Å². The zero-order chi connectivity index (χ0) is 17.9. The van der Waals surface area contributed by atoms with E-state index in [-0.39, 0.29) is 11.7 Å². The first kappa shape index (κ1) is 16.3. The molecule has 132 valence electrons. The zero-order valence-electron chi connectivity index (χ0n) is 14.1. The standard InChI is InChI=1S/C19H18FN5O/c20-16-8-4-5-9-18(16)23-10-12-24(13-11-23)19(26)17-14-25(22-21-17)15-6-2-1-3-7-15/h1-9,14H,10-13H2. The van der Waals surface area contributed by atoms with Crippen LogP contribution in [0.25, 0.3) is 5.69 Å². The number of halogens is 1. The molecule has 2 aromatic carbocycles. The molecule has 1 fully saturated rings. The fourth-order valence-corrected chi connectivity index (χ4v) is 3.09. The molecular formula is C19H18FN5O. The van der Waals surface area contributed by atoms with E-state index in [0.29, 0.717) is 37.6 Å². The molecule has 0 unspecified atom stereocenters. The monoisotopic (exact) mass is 351 g/mol. The Morgan fingerprint density at radius 3 is 2.35 bits per heavy atom. The summed E-state index contributed by atoms with van der Waals surface area (Å²) in [7, 11) is 0. The van der Waals surface area contributed by atoms with Crippen molar-refractivity contribution >= 4 is 11.6 Å². The Balaban J connectivity index is 1.43. The molecule has 0 spiro atoms. The number of hydrogen-bond acceptors (Lipinski definition) is 4. The summed E-state index contributed by atoms with van der Waals surface area (Å²) in [6, 6.07) is 16.2. The maximum atomic E-state index is 13.9. The lowest BCUT2D eigenvalue weighted by molar-refractivity contribution is 0.0740. The summed E-state index contributed by atoms with van der Waals surface area (Å²) in [4.78, 5) is 16.4. The predicted molar refractivity (Wildman–Crippen MR) is 95.9 cm³/mol. The number of anilines is 1. The van der Waals surface area contributed by atoms with Crippen molar-refractivity contribution in [3.05, 3.63) is 72.3 Å². The maximum absolute atomic E-state index is 13.9. The topological polar surface area (TPSA) is 54.3 Å². The van der Waals surface area contributed by atoms with Crippen LogP contribution in [0, 0.1) is 5.82 Å². The lowest BCUT2D eigenvalue weighted by Crippen LogP contribution is -2.49. The molecule has 7 heteroatoms. The minimum atomic E-state index is -0.238. The highest BCUT2D eigenvalue weighted by Crippen LogP contribution is 2.20. The number of aromatic nitrogens is 3. The van der Waals surface area contributed by atoms with E-state index in [2.05, 4.69) is 10.3 Å². The molecule has 0 N–H and O–H groups in total. The third-order valence-corrected chi connectivity index (χ3v) is 4.49. The Labute approximate surface area is 150 Å². The van der Waals surface area contributed by atoms with Crippen molar-refractivity contribution in [3.63, 3.8) is 0 Å². The molecule has 0 atom stereocenters. The number of amides is 1. The van der Waals surface area contributed by atoms with E-state index < -0.39 is 0 Å². The van der Waals surface area contributed by atoms with Gasteiger partial charge in [0.1, 0.15) is 5.82 Å². The van der Waals surface area contributed by atoms with Crippen LogP contribution in [0.5, 0.6) is 0 Å². The Morgan fingerprint density at radius 2 is 1.62 bits per heavy atom. The van der Waals surface area contributed by atoms with Gasteiger partial charge in [0.2, 0.25) is 0 Å². The van der Waals surface area contributed by atoms with E-state index in [9.17, 15) is 9.18 Å². The van der Waals surface area contributed by atoms with Crippen LogP contribution in [-0.4, -0.2) is 52.0 Å². The van der Waals surface area contributed by atoms with Gasteiger partial charge in [0.05, 0.1) is 17.6 Å². The van der Waals surface area contributed by atoms with Crippen molar-refractivity contribution in [1.29, 1.82) is 0 Å². The van der Waals surface area contributed by atoms with Gasteiger partial charge >= 0.3 is 0 Å². The summed E-state index contributed by atoms with van der Waals surface area (Å²) in [5.41, 5.74) is 1.74. The number of nitrogens with zero attached hydrogens (tertiary/aromatic N) is 5. The minimum Gasteiger partial charge on any atom is -0.366 e. The van der Waals surface area contributed by atoms with E-state index in [0.717, 1.165) is 5.69 Å². The van der Waals surface area contributed by atoms with Crippen molar-refractivity contribution in [2.75, 3.05) is 31.1 Å². The Hall–Kier alpha value is -3.22. The molecule has 4 rings (SSSR count). The summed E-state index contributed by atoms with van der Waals surface area (Å²) < 4.78 is 15.5. The largest absolute Gasteiger partial charge is 0.366 e. The zero-order valence-corrected chi connectivity index (χ0v) is 14.1. The van der Waals surface area contributed by atoms with Gasteiger partial charge in [-0.1, -0.05) is 35.5 Å². The van der Waals surface area contributed by atoms with Gasteiger partial charge in [-0.3, -0.25) is 4.79 Å². The third-order valence-electron chi connectivity index (χ3n) is 4.49. The van der Waals surface area contributed by atoms with Crippen molar-refractivity contribution in [2.24, 2.45) is 0 Å². The van der Waals surface area contributed by atoms with Crippen LogP contribution in [0.15, 0.2) is 60.8 Å². The van der Waals surface area contributed by atoms with Crippen molar-refractivity contribution in [1.82, 2.24) is 19.9 Å². The van der Waals surface area contributed by atoms with Gasteiger partial charge in [0.25, 0.3) is 5.91 Å². The number of rotatable bonds is 3. The van der Waals surface area contributed by atoms with E-state index >= 15 is 0 Å². The summed E-state index contributed by atoms with van der Waals surface area (Å²) >= 11 is 0. The average molecular weight is 351 g/mol. The van der Waals surface area contributed by atoms with Gasteiger partial charge in [-0.25, -0.2) is 9.07 Å². The molecule has 2 heterocycles. The van der Waals surface area contributed by atoms with Gasteiger partial charge in [-0.05, 0) is 24.3 Å². The highest BCUT2D eigenvalue weighted by Gasteiger charge is 2.25. The lowest BCUT2D eigenvalue weighted by atomic mass is 10.2. The first-order valence-electron chi connectivity index (χ1n) is 8.49. The summed E-state index contributed by atoms with van der Waals surface area (Å²) in [5.74, 6) is -0.390. The van der Waals surface area contributed by atoms with Crippen LogP contribution in [-0.2, 0) is 0 Å². The molecule has 6 nitrogen and oxygen atoms in total. The summed E-state index contributed by atoms with van der Waals surface area (Å²) in [5, 5.41) is 8.04. The summed E-state index contributed by atoms with van der Waals surface area (Å²) in [6.07, 6.45) is 1.64. The fourth-order valence-electron chi connectivity index (χ4n) is 3.09. The molecule has 1 aliphatic rings. The molecule has 0 aliphatic carbocycles. The smallest absolute Gasteiger partial charge is 0.276 e. The normalized spacial score (nSPS) is 14.5. The maximum Gasteiger partial charge on any atom is 0.276 e. The van der Waals surface area contributed by atoms with Crippen molar-refractivity contribution in [3.8, 4) is 5.69 Å². The highest BCUT2D eigenvalue weighted by atomic mass is 19.1. The van der Waals surface area contributed by atoms with Crippen molar-refractivity contribution in [2.45, 2.75) is 0 Å². The van der Waals surface area contributed by atoms with Gasteiger partial charge in [0.15, 0.2) is 5.69 Å². The molecule has 1 saturated heterocycles. The second kappa shape index (κ2) is 6.95. The molecular weight excluding hydrogens is 333 g/mol. The second-order valence-electron chi connectivity index (χ2n) is 6.11. The third kappa shape index (κ3) is 3.15. The number of para-hydroxylation sites is 2. The summed E-state index contributed by atoms with van der Waals surface area (Å²) in [6.45, 7) is 2.20. The number of hydrogen-bond donors (Lipinski definition) is 0. The van der Waals surface area contributed by atoms with Crippen molar-refractivity contribution < 1.29 is 9.18 Å². The first-order chi connectivity index (χ1) is 12.7. The fraction of sp³-hybridized carbons (Fsp3) is 0.211. The number of carbonyl (C=O) groups is 1. The predicted octanol–water partition coefficient (Wildman–Crippen LogP) is 2.37. The van der Waals surface area contributed by atoms with Gasteiger partial charge in [-0.2, -0.15) is 0 Å². The highest BCUT2D eigenvalue weighted by molar-refractivity contribution is 5.92. The van der Waals surface area contributed by atoms with Crippen LogP contribution in [0.4, 0.5) is 10.1 Å². The molecule has 0 bridgehead atoms. The second-order valence-corrected chi connectivity index (χ2v) is 6.11. The number of benzene rings is 2. The molecule has 26 heavy (non-hydrogen) atoms. The van der Waals surface area contributed by atoms with Crippen LogP contribution >= 0.6 is 0 Å². The SMILES string of the molecule is O=C(c1cn(-c2ccccc2)nn1)N1CCN(c2ccccc2F)CC1. The molecule has 0 radical (unpaired) electrons. The van der Waals surface area contributed by atoms with Crippen LogP contribution in [0.1, 0.15) is 10.5 Å². The molecule has 1 amide bonds. The molecule has 0 saturated carbocycles. The number of piperazine rings is 1. The average Bonchev–Trinajstić information content (AvgIpc) is 3.19. The van der Waals surface area contributed by atoms with E-state index in [4.69, 9.17) is 0 Å². The van der Waals surface area contributed by atoms with E-state index in [1.807, 2.05) is 41.3 Å². The van der Waals surface area contributed by atoms with Crippen LogP contribution < -0.4 is 4.90 Å². The Kier molecular flexibility index (Phi) is 4.35. The Morgan fingerprint density at radius 1 is 0.923 bits per heavy atom. The molecule has 1 aromatic heterocycles. The van der Waals surface area contributed by atoms with Gasteiger partial charge in [0, 0.05) is 26.2 Å². The van der Waals surface area contributed by atoms with Gasteiger partial charge < -0.3 is 9.80 Å². The Bertz CT molecular complexity index is 903. The number of carbonyl (C=O) groups excluding carboxylic acids is 1. The molecule has 3 aromatic rings. The first-order valence-corrected chi connectivity index (χ1v) is 8.49. The van der Waals surface area contributed by atoms with Crippen LogP contribution in [0.2, 0.25) is 0 Å².